The first-order valence-corrected chi connectivity index (χ1v) is 10.2. The van der Waals surface area contributed by atoms with Gasteiger partial charge in [-0.05, 0) is 65.0 Å². The monoisotopic (exact) mass is 432 g/mol. The molecule has 0 atom stereocenters. The van der Waals surface area contributed by atoms with Crippen molar-refractivity contribution in [3.63, 3.8) is 0 Å². The van der Waals surface area contributed by atoms with E-state index in [1.165, 1.54) is 16.9 Å². The van der Waals surface area contributed by atoms with Crippen LogP contribution in [0.3, 0.4) is 0 Å². The lowest BCUT2D eigenvalue weighted by Crippen LogP contribution is -2.12. The molecule has 0 bridgehead atoms. The van der Waals surface area contributed by atoms with Gasteiger partial charge in [-0.25, -0.2) is 4.98 Å². The van der Waals surface area contributed by atoms with Gasteiger partial charge in [-0.3, -0.25) is 4.79 Å². The normalized spacial score (nSPS) is 10.9. The first-order valence-electron chi connectivity index (χ1n) is 8.64. The number of nitrogens with one attached hydrogen (secondary N) is 1. The first kappa shape index (κ1) is 18.9. The molecule has 1 heterocycles. The van der Waals surface area contributed by atoms with Crippen molar-refractivity contribution in [1.29, 1.82) is 0 Å². The number of rotatable bonds is 7. The van der Waals surface area contributed by atoms with Crippen LogP contribution in [0.1, 0.15) is 30.9 Å². The second-order valence-electron chi connectivity index (χ2n) is 6.06. The van der Waals surface area contributed by atoms with E-state index in [1.807, 2.05) is 31.2 Å². The number of benzene rings is 2. The molecule has 6 heteroatoms. The number of aromatic nitrogens is 1. The van der Waals surface area contributed by atoms with Crippen molar-refractivity contribution in [2.75, 3.05) is 11.9 Å². The molecule has 0 radical (unpaired) electrons. The second kappa shape index (κ2) is 8.64. The zero-order chi connectivity index (χ0) is 18.5. The topological polar surface area (TPSA) is 51.2 Å². The number of hydrogen-bond donors (Lipinski definition) is 1. The highest BCUT2D eigenvalue weighted by Crippen LogP contribution is 2.28. The number of anilines is 1. The van der Waals surface area contributed by atoms with E-state index in [1.54, 1.807) is 0 Å². The summed E-state index contributed by atoms with van der Waals surface area (Å²) >= 11 is 5.03. The van der Waals surface area contributed by atoms with Crippen molar-refractivity contribution in [2.24, 2.45) is 0 Å². The summed E-state index contributed by atoms with van der Waals surface area (Å²) in [5.41, 5.74) is 3.33. The zero-order valence-electron chi connectivity index (χ0n) is 14.8. The number of carbonyl (C=O) groups excluding carboxylic acids is 1. The molecule has 4 nitrogen and oxygen atoms in total. The van der Waals surface area contributed by atoms with Gasteiger partial charge in [-0.1, -0.05) is 36.5 Å². The molecule has 0 aliphatic heterocycles. The van der Waals surface area contributed by atoms with Gasteiger partial charge in [0.25, 0.3) is 0 Å². The van der Waals surface area contributed by atoms with E-state index < -0.39 is 0 Å². The molecule has 1 amide bonds. The first-order chi connectivity index (χ1) is 12.6. The van der Waals surface area contributed by atoms with E-state index in [2.05, 4.69) is 45.3 Å². The minimum atomic E-state index is -0.0364. The molecular formula is C20H21BrN2O2S. The summed E-state index contributed by atoms with van der Waals surface area (Å²) in [6.07, 6.45) is 2.04. The van der Waals surface area contributed by atoms with Gasteiger partial charge in [-0.2, -0.15) is 0 Å². The van der Waals surface area contributed by atoms with Crippen LogP contribution in [0.4, 0.5) is 5.13 Å². The number of hydrogen-bond acceptors (Lipinski definition) is 4. The van der Waals surface area contributed by atoms with Crippen molar-refractivity contribution >= 4 is 48.5 Å². The molecule has 136 valence electrons. The quantitative estimate of drug-likeness (QED) is 0.485. The van der Waals surface area contributed by atoms with Crippen molar-refractivity contribution < 1.29 is 9.53 Å². The van der Waals surface area contributed by atoms with Gasteiger partial charge in [0.1, 0.15) is 5.75 Å². The number of aryl methyl sites for hydroxylation is 2. The lowest BCUT2D eigenvalue weighted by Gasteiger charge is -2.09. The lowest BCUT2D eigenvalue weighted by molar-refractivity contribution is -0.116. The molecule has 2 aromatic carbocycles. The number of ether oxygens (including phenoxy) is 1. The summed E-state index contributed by atoms with van der Waals surface area (Å²) in [7, 11) is 0. The van der Waals surface area contributed by atoms with Gasteiger partial charge in [0.15, 0.2) is 5.13 Å². The minimum absolute atomic E-state index is 0.0364. The third-order valence-electron chi connectivity index (χ3n) is 4.08. The number of thiazole rings is 1. The van der Waals surface area contributed by atoms with Crippen LogP contribution < -0.4 is 10.1 Å². The van der Waals surface area contributed by atoms with Crippen LogP contribution in [0.2, 0.25) is 0 Å². The third kappa shape index (κ3) is 4.62. The second-order valence-corrected chi connectivity index (χ2v) is 7.94. The number of carbonyl (C=O) groups is 1. The molecule has 3 aromatic rings. The standard InChI is InChI=1S/C20H21BrN2O2S/c1-3-14-9-10-16(15(21)12-14)25-11-5-8-18(24)22-20-23-19-13(2)6-4-7-17(19)26-20/h4,6-7,9-10,12H,3,5,8,11H2,1-2H3,(H,22,23,24). The van der Waals surface area contributed by atoms with Gasteiger partial charge in [0, 0.05) is 6.42 Å². The molecule has 0 aliphatic carbocycles. The predicted octanol–water partition coefficient (Wildman–Crippen LogP) is 5.73. The van der Waals surface area contributed by atoms with Gasteiger partial charge < -0.3 is 10.1 Å². The smallest absolute Gasteiger partial charge is 0.226 e. The molecule has 0 spiro atoms. The molecule has 3 rings (SSSR count). The Morgan fingerprint density at radius 3 is 2.88 bits per heavy atom. The van der Waals surface area contributed by atoms with Crippen molar-refractivity contribution in [3.8, 4) is 5.75 Å². The van der Waals surface area contributed by atoms with Crippen molar-refractivity contribution in [3.05, 3.63) is 52.0 Å². The summed E-state index contributed by atoms with van der Waals surface area (Å²) < 4.78 is 7.80. The third-order valence-corrected chi connectivity index (χ3v) is 5.63. The molecule has 1 aromatic heterocycles. The largest absolute Gasteiger partial charge is 0.492 e. The fourth-order valence-electron chi connectivity index (χ4n) is 2.62. The van der Waals surface area contributed by atoms with Gasteiger partial charge >= 0.3 is 0 Å². The molecule has 1 N–H and O–H groups in total. The fourth-order valence-corrected chi connectivity index (χ4v) is 4.12. The fraction of sp³-hybridized carbons (Fsp3) is 0.300. The van der Waals surface area contributed by atoms with Gasteiger partial charge in [0.2, 0.25) is 5.91 Å². The van der Waals surface area contributed by atoms with Gasteiger partial charge in [-0.15, -0.1) is 0 Å². The molecule has 26 heavy (non-hydrogen) atoms. The van der Waals surface area contributed by atoms with Crippen LogP contribution in [0.15, 0.2) is 40.9 Å². The van der Waals surface area contributed by atoms with Crippen LogP contribution in [0, 0.1) is 6.92 Å². The average molecular weight is 433 g/mol. The van der Waals surface area contributed by atoms with Crippen molar-refractivity contribution in [1.82, 2.24) is 4.98 Å². The molecular weight excluding hydrogens is 412 g/mol. The van der Waals surface area contributed by atoms with E-state index >= 15 is 0 Å². The van der Waals surface area contributed by atoms with Crippen LogP contribution in [-0.4, -0.2) is 17.5 Å². The highest BCUT2D eigenvalue weighted by molar-refractivity contribution is 9.10. The number of nitrogens with zero attached hydrogens (tertiary/aromatic N) is 1. The number of para-hydroxylation sites is 1. The number of amides is 1. The van der Waals surface area contributed by atoms with Crippen LogP contribution in [0.5, 0.6) is 5.75 Å². The SMILES string of the molecule is CCc1ccc(OCCCC(=O)Nc2nc3c(C)cccc3s2)c(Br)c1. The van der Waals surface area contributed by atoms with Crippen LogP contribution in [-0.2, 0) is 11.2 Å². The van der Waals surface area contributed by atoms with Crippen LogP contribution >= 0.6 is 27.3 Å². The predicted molar refractivity (Wildman–Crippen MR) is 111 cm³/mol. The zero-order valence-corrected chi connectivity index (χ0v) is 17.2. The molecule has 0 saturated heterocycles. The summed E-state index contributed by atoms with van der Waals surface area (Å²) in [6.45, 7) is 4.64. The number of fused-ring (bicyclic) bond motifs is 1. The Bertz CT molecular complexity index is 923. The minimum Gasteiger partial charge on any atom is -0.492 e. The van der Waals surface area contributed by atoms with E-state index in [4.69, 9.17) is 4.74 Å². The van der Waals surface area contributed by atoms with E-state index in [0.717, 1.165) is 32.4 Å². The molecule has 0 aliphatic rings. The Kier molecular flexibility index (Phi) is 6.27. The summed E-state index contributed by atoms with van der Waals surface area (Å²) in [5, 5.41) is 3.54. The summed E-state index contributed by atoms with van der Waals surface area (Å²) in [6, 6.07) is 12.1. The Morgan fingerprint density at radius 2 is 2.15 bits per heavy atom. The summed E-state index contributed by atoms with van der Waals surface area (Å²) in [4.78, 5) is 16.6. The summed E-state index contributed by atoms with van der Waals surface area (Å²) in [5.74, 6) is 0.773. The van der Waals surface area contributed by atoms with Crippen molar-refractivity contribution in [2.45, 2.75) is 33.1 Å². The Labute approximate surface area is 165 Å². The maximum Gasteiger partial charge on any atom is 0.226 e. The Balaban J connectivity index is 1.47. The highest BCUT2D eigenvalue weighted by atomic mass is 79.9. The maximum absolute atomic E-state index is 12.1. The highest BCUT2D eigenvalue weighted by Gasteiger charge is 2.09. The Hall–Kier alpha value is -1.92. The van der Waals surface area contributed by atoms with E-state index in [-0.39, 0.29) is 5.91 Å². The average Bonchev–Trinajstić information content (AvgIpc) is 3.03. The molecule has 0 saturated carbocycles. The van der Waals surface area contributed by atoms with E-state index in [0.29, 0.717) is 24.6 Å². The van der Waals surface area contributed by atoms with E-state index in [9.17, 15) is 4.79 Å². The maximum atomic E-state index is 12.1. The Morgan fingerprint density at radius 1 is 1.31 bits per heavy atom. The lowest BCUT2D eigenvalue weighted by atomic mass is 10.2. The van der Waals surface area contributed by atoms with Crippen LogP contribution in [0.25, 0.3) is 10.2 Å². The molecule has 0 fully saturated rings. The molecule has 0 unspecified atom stereocenters. The number of halogens is 1. The van der Waals surface area contributed by atoms with Gasteiger partial charge in [0.05, 0.1) is 21.3 Å².